The van der Waals surface area contributed by atoms with Crippen molar-refractivity contribution in [1.82, 2.24) is 5.32 Å². The zero-order chi connectivity index (χ0) is 17.5. The molecule has 4 N–H and O–H groups in total. The molecule has 122 valence electrons. The zero-order valence-electron chi connectivity index (χ0n) is 12.5. The van der Waals surface area contributed by atoms with Crippen LogP contribution >= 0.6 is 23.8 Å². The largest absolute Gasteiger partial charge is 0.366 e. The lowest BCUT2D eigenvalue weighted by Gasteiger charge is -2.08. The van der Waals surface area contributed by atoms with E-state index < -0.39 is 5.91 Å². The molecule has 0 saturated carbocycles. The van der Waals surface area contributed by atoms with Crippen LogP contribution in [-0.4, -0.2) is 16.9 Å². The highest BCUT2D eigenvalue weighted by atomic mass is 35.5. The second kappa shape index (κ2) is 8.24. The van der Waals surface area contributed by atoms with Crippen molar-refractivity contribution in [3.8, 4) is 0 Å². The molecular formula is C17H14ClN3O2S. The van der Waals surface area contributed by atoms with E-state index in [0.29, 0.717) is 16.3 Å². The molecule has 24 heavy (non-hydrogen) atoms. The van der Waals surface area contributed by atoms with Crippen LogP contribution < -0.4 is 16.4 Å². The highest BCUT2D eigenvalue weighted by Gasteiger charge is 2.04. The number of nitrogens with one attached hydrogen (secondary N) is 2. The highest BCUT2D eigenvalue weighted by molar-refractivity contribution is 7.80. The number of anilines is 1. The maximum Gasteiger partial charge on any atom is 0.250 e. The lowest BCUT2D eigenvalue weighted by atomic mass is 10.2. The van der Waals surface area contributed by atoms with Crippen LogP contribution in [0.2, 0.25) is 5.02 Å². The van der Waals surface area contributed by atoms with Gasteiger partial charge in [0.1, 0.15) is 0 Å². The van der Waals surface area contributed by atoms with Crippen molar-refractivity contribution >= 4 is 52.5 Å². The summed E-state index contributed by atoms with van der Waals surface area (Å²) in [7, 11) is 0. The Morgan fingerprint density at radius 2 is 1.83 bits per heavy atom. The smallest absolute Gasteiger partial charge is 0.250 e. The van der Waals surface area contributed by atoms with Crippen molar-refractivity contribution in [2.45, 2.75) is 0 Å². The Balaban J connectivity index is 1.92. The Hall–Kier alpha value is -2.70. The SMILES string of the molecule is NC(=O)c1cccc(NC(=S)NC(=O)/C=C/c2ccc(Cl)cc2)c1. The topological polar surface area (TPSA) is 84.2 Å². The first-order chi connectivity index (χ1) is 11.4. The molecule has 0 atom stereocenters. The average molecular weight is 360 g/mol. The van der Waals surface area contributed by atoms with Crippen molar-refractivity contribution in [3.63, 3.8) is 0 Å². The molecule has 0 bridgehead atoms. The fraction of sp³-hybridized carbons (Fsp3) is 0. The lowest BCUT2D eigenvalue weighted by molar-refractivity contribution is -0.115. The number of amides is 2. The Bertz CT molecular complexity index is 804. The maximum absolute atomic E-state index is 11.8. The summed E-state index contributed by atoms with van der Waals surface area (Å²) in [5.41, 5.74) is 6.95. The molecule has 2 rings (SSSR count). The van der Waals surface area contributed by atoms with Gasteiger partial charge >= 0.3 is 0 Å². The Morgan fingerprint density at radius 1 is 1.12 bits per heavy atom. The van der Waals surface area contributed by atoms with E-state index in [1.54, 1.807) is 54.6 Å². The number of carbonyl (C=O) groups is 2. The molecule has 2 aromatic carbocycles. The van der Waals surface area contributed by atoms with Gasteiger partial charge in [0.15, 0.2) is 5.11 Å². The van der Waals surface area contributed by atoms with Crippen molar-refractivity contribution in [2.24, 2.45) is 5.73 Å². The van der Waals surface area contributed by atoms with E-state index >= 15 is 0 Å². The highest BCUT2D eigenvalue weighted by Crippen LogP contribution is 2.11. The van der Waals surface area contributed by atoms with Gasteiger partial charge in [-0.15, -0.1) is 0 Å². The van der Waals surface area contributed by atoms with Crippen molar-refractivity contribution < 1.29 is 9.59 Å². The molecule has 0 saturated heterocycles. The molecule has 0 aliphatic carbocycles. The van der Waals surface area contributed by atoms with E-state index in [1.807, 2.05) is 0 Å². The zero-order valence-corrected chi connectivity index (χ0v) is 14.0. The Kier molecular flexibility index (Phi) is 6.06. The number of hydrogen-bond donors (Lipinski definition) is 3. The molecule has 0 aromatic heterocycles. The molecule has 0 radical (unpaired) electrons. The number of primary amides is 1. The minimum Gasteiger partial charge on any atom is -0.366 e. The normalized spacial score (nSPS) is 10.4. The first-order valence-corrected chi connectivity index (χ1v) is 7.68. The summed E-state index contributed by atoms with van der Waals surface area (Å²) in [5.74, 6) is -0.923. The van der Waals surface area contributed by atoms with E-state index in [4.69, 9.17) is 29.6 Å². The van der Waals surface area contributed by atoms with Crippen molar-refractivity contribution in [2.75, 3.05) is 5.32 Å². The first kappa shape index (κ1) is 17.7. The van der Waals surface area contributed by atoms with Gasteiger partial charge in [-0.1, -0.05) is 29.8 Å². The van der Waals surface area contributed by atoms with Gasteiger partial charge in [0.05, 0.1) is 0 Å². The van der Waals surface area contributed by atoms with Crippen LogP contribution in [0.15, 0.2) is 54.6 Å². The summed E-state index contributed by atoms with van der Waals surface area (Å²) < 4.78 is 0. The van der Waals surface area contributed by atoms with Gasteiger partial charge in [-0.05, 0) is 54.2 Å². The molecule has 2 aromatic rings. The van der Waals surface area contributed by atoms with Crippen LogP contribution in [-0.2, 0) is 4.79 Å². The van der Waals surface area contributed by atoms with Crippen LogP contribution in [0, 0.1) is 0 Å². The number of rotatable bonds is 4. The summed E-state index contributed by atoms with van der Waals surface area (Å²) in [6.45, 7) is 0. The van der Waals surface area contributed by atoms with E-state index in [-0.39, 0.29) is 11.0 Å². The van der Waals surface area contributed by atoms with E-state index in [0.717, 1.165) is 5.56 Å². The molecule has 0 fully saturated rings. The van der Waals surface area contributed by atoms with E-state index in [1.165, 1.54) is 6.08 Å². The third kappa shape index (κ3) is 5.49. The quantitative estimate of drug-likeness (QED) is 0.579. The third-order valence-electron chi connectivity index (χ3n) is 2.94. The molecule has 0 aliphatic heterocycles. The summed E-state index contributed by atoms with van der Waals surface area (Å²) >= 11 is 10.9. The molecule has 0 aliphatic rings. The molecular weight excluding hydrogens is 346 g/mol. The third-order valence-corrected chi connectivity index (χ3v) is 3.39. The van der Waals surface area contributed by atoms with Crippen LogP contribution in [0.25, 0.3) is 6.08 Å². The lowest BCUT2D eigenvalue weighted by Crippen LogP contribution is -2.32. The Morgan fingerprint density at radius 3 is 2.50 bits per heavy atom. The summed E-state index contributed by atoms with van der Waals surface area (Å²) in [6.07, 6.45) is 3.00. The van der Waals surface area contributed by atoms with E-state index in [2.05, 4.69) is 10.6 Å². The molecule has 7 heteroatoms. The number of hydrogen-bond acceptors (Lipinski definition) is 3. The van der Waals surface area contributed by atoms with Crippen molar-refractivity contribution in [1.29, 1.82) is 0 Å². The number of nitrogens with two attached hydrogens (primary N) is 1. The van der Waals surface area contributed by atoms with Crippen LogP contribution in [0.4, 0.5) is 5.69 Å². The summed E-state index contributed by atoms with van der Waals surface area (Å²) in [6, 6.07) is 13.5. The first-order valence-electron chi connectivity index (χ1n) is 6.89. The van der Waals surface area contributed by atoms with Gasteiger partial charge < -0.3 is 11.1 Å². The van der Waals surface area contributed by atoms with Crippen LogP contribution in [0.1, 0.15) is 15.9 Å². The fourth-order valence-corrected chi connectivity index (χ4v) is 2.16. The predicted molar refractivity (Wildman–Crippen MR) is 99.8 cm³/mol. The van der Waals surface area contributed by atoms with Gasteiger partial charge in [-0.3, -0.25) is 14.9 Å². The molecule has 0 heterocycles. The van der Waals surface area contributed by atoms with Gasteiger partial charge in [-0.2, -0.15) is 0 Å². The van der Waals surface area contributed by atoms with Crippen LogP contribution in [0.3, 0.4) is 0 Å². The average Bonchev–Trinajstić information content (AvgIpc) is 2.54. The predicted octanol–water partition coefficient (Wildman–Crippen LogP) is 2.97. The minimum atomic E-state index is -0.542. The van der Waals surface area contributed by atoms with Crippen molar-refractivity contribution in [3.05, 3.63) is 70.8 Å². The number of benzene rings is 2. The molecule has 0 unspecified atom stereocenters. The minimum absolute atomic E-state index is 0.113. The van der Waals surface area contributed by atoms with Gasteiger partial charge in [0, 0.05) is 22.3 Å². The van der Waals surface area contributed by atoms with Gasteiger partial charge in [0.25, 0.3) is 0 Å². The molecule has 5 nitrogen and oxygen atoms in total. The molecule has 0 spiro atoms. The second-order valence-corrected chi connectivity index (χ2v) is 5.62. The summed E-state index contributed by atoms with van der Waals surface area (Å²) in [4.78, 5) is 23.0. The number of halogens is 1. The maximum atomic E-state index is 11.8. The standard InChI is InChI=1S/C17H14ClN3O2S/c18-13-7-4-11(5-8-13)6-9-15(22)21-17(24)20-14-3-1-2-12(10-14)16(19)23/h1-10H,(H2,19,23)(H2,20,21,22,24)/b9-6+. The molecule has 2 amide bonds. The monoisotopic (exact) mass is 359 g/mol. The number of thiocarbonyl (C=S) groups is 1. The second-order valence-electron chi connectivity index (χ2n) is 4.77. The Labute approximate surface area is 149 Å². The van der Waals surface area contributed by atoms with Crippen LogP contribution in [0.5, 0.6) is 0 Å². The number of carbonyl (C=O) groups excluding carboxylic acids is 2. The van der Waals surface area contributed by atoms with E-state index in [9.17, 15) is 9.59 Å². The summed E-state index contributed by atoms with van der Waals surface area (Å²) in [5, 5.41) is 6.06. The van der Waals surface area contributed by atoms with Gasteiger partial charge in [0.2, 0.25) is 11.8 Å². The fourth-order valence-electron chi connectivity index (χ4n) is 1.81. The van der Waals surface area contributed by atoms with Gasteiger partial charge in [-0.25, -0.2) is 0 Å².